The van der Waals surface area contributed by atoms with Crippen LogP contribution < -0.4 is 4.74 Å². The Kier molecular flexibility index (Phi) is 3.92. The molecule has 0 heterocycles. The van der Waals surface area contributed by atoms with Crippen LogP contribution in [0.1, 0.15) is 23.1 Å². The van der Waals surface area contributed by atoms with Crippen molar-refractivity contribution < 1.29 is 30.5 Å². The number of aryl methyl sites for hydroxylation is 2. The topological polar surface area (TPSA) is 52.6 Å². The summed E-state index contributed by atoms with van der Waals surface area (Å²) in [6, 6.07) is 3.24. The van der Waals surface area contributed by atoms with Crippen molar-refractivity contribution in [2.75, 3.05) is 7.11 Å². The number of halogens is 3. The highest BCUT2D eigenvalue weighted by Gasteiger charge is 2.49. The Morgan fingerprint density at radius 2 is 1.90 bits per heavy atom. The predicted octanol–water partition coefficient (Wildman–Crippen LogP) is 3.16. The molecule has 0 saturated heterocycles. The Labute approximate surface area is 120 Å². The Morgan fingerprint density at radius 1 is 1.24 bits per heavy atom. The standard InChI is InChI=1S/C13H13F3O4S/c1-8-6-9-4-3-5-11(10(9)7-12(8)19-2)20-21(17,18)13(14,15)16/h5-7H,3-4H2,1-2H3. The van der Waals surface area contributed by atoms with Crippen LogP contribution in [0.15, 0.2) is 18.2 Å². The number of fused-ring (bicyclic) bond motifs is 1. The fraction of sp³-hybridized carbons (Fsp3) is 0.385. The van der Waals surface area contributed by atoms with Gasteiger partial charge in [-0.05, 0) is 43.0 Å². The molecule has 0 radical (unpaired) electrons. The quantitative estimate of drug-likeness (QED) is 0.634. The molecule has 0 fully saturated rings. The number of alkyl halides is 3. The van der Waals surface area contributed by atoms with E-state index in [1.165, 1.54) is 19.3 Å². The molecule has 0 atom stereocenters. The summed E-state index contributed by atoms with van der Waals surface area (Å²) in [5.41, 5.74) is -3.61. The molecule has 1 aliphatic rings. The lowest BCUT2D eigenvalue weighted by molar-refractivity contribution is -0.0509. The summed E-state index contributed by atoms with van der Waals surface area (Å²) in [5.74, 6) is 0.140. The highest BCUT2D eigenvalue weighted by molar-refractivity contribution is 7.87. The lowest BCUT2D eigenvalue weighted by atomic mass is 9.94. The number of benzene rings is 1. The van der Waals surface area contributed by atoms with E-state index in [4.69, 9.17) is 4.74 Å². The van der Waals surface area contributed by atoms with Gasteiger partial charge in [-0.25, -0.2) is 0 Å². The first-order valence-electron chi connectivity index (χ1n) is 6.04. The largest absolute Gasteiger partial charge is 0.534 e. The molecule has 0 amide bonds. The summed E-state index contributed by atoms with van der Waals surface area (Å²) in [4.78, 5) is 0. The second-order valence-corrected chi connectivity index (χ2v) is 6.11. The number of rotatable bonds is 3. The maximum Gasteiger partial charge on any atom is 0.534 e. The zero-order chi connectivity index (χ0) is 15.8. The Hall–Kier alpha value is -1.70. The van der Waals surface area contributed by atoms with Crippen LogP contribution in [0.2, 0.25) is 0 Å². The summed E-state index contributed by atoms with van der Waals surface area (Å²) in [6.45, 7) is 1.80. The van der Waals surface area contributed by atoms with Gasteiger partial charge < -0.3 is 8.92 Å². The van der Waals surface area contributed by atoms with Gasteiger partial charge in [0.1, 0.15) is 11.5 Å². The van der Waals surface area contributed by atoms with Crippen LogP contribution in [0.4, 0.5) is 13.2 Å². The Morgan fingerprint density at radius 3 is 2.48 bits per heavy atom. The molecule has 0 aromatic heterocycles. The molecule has 8 heteroatoms. The van der Waals surface area contributed by atoms with Gasteiger partial charge >= 0.3 is 15.6 Å². The van der Waals surface area contributed by atoms with Crippen LogP contribution in [0.5, 0.6) is 5.75 Å². The van der Waals surface area contributed by atoms with Crippen LogP contribution in [-0.2, 0) is 20.7 Å². The number of hydrogen-bond donors (Lipinski definition) is 0. The first-order valence-corrected chi connectivity index (χ1v) is 7.45. The van der Waals surface area contributed by atoms with Crippen molar-refractivity contribution in [2.24, 2.45) is 0 Å². The van der Waals surface area contributed by atoms with Crippen molar-refractivity contribution in [1.29, 1.82) is 0 Å². The van der Waals surface area contributed by atoms with Gasteiger partial charge in [-0.2, -0.15) is 21.6 Å². The Bertz CT molecular complexity index is 690. The normalized spacial score (nSPS) is 15.2. The first kappa shape index (κ1) is 15.7. The smallest absolute Gasteiger partial charge is 0.496 e. The van der Waals surface area contributed by atoms with Crippen LogP contribution >= 0.6 is 0 Å². The van der Waals surface area contributed by atoms with Crippen molar-refractivity contribution in [3.8, 4) is 5.75 Å². The van der Waals surface area contributed by atoms with Crippen LogP contribution in [-0.4, -0.2) is 21.0 Å². The van der Waals surface area contributed by atoms with E-state index in [-0.39, 0.29) is 5.76 Å². The van der Waals surface area contributed by atoms with E-state index < -0.39 is 15.6 Å². The first-order chi connectivity index (χ1) is 9.65. The van der Waals surface area contributed by atoms with Crippen molar-refractivity contribution >= 4 is 15.9 Å². The van der Waals surface area contributed by atoms with E-state index in [1.54, 1.807) is 13.0 Å². The fourth-order valence-electron chi connectivity index (χ4n) is 2.12. The van der Waals surface area contributed by atoms with Gasteiger partial charge in [-0.3, -0.25) is 0 Å². The van der Waals surface area contributed by atoms with Crippen molar-refractivity contribution in [2.45, 2.75) is 25.3 Å². The third kappa shape index (κ3) is 2.99. The monoisotopic (exact) mass is 322 g/mol. The second-order valence-electron chi connectivity index (χ2n) is 4.57. The number of methoxy groups -OCH3 is 1. The molecule has 0 spiro atoms. The molecule has 0 unspecified atom stereocenters. The molecule has 0 saturated carbocycles. The molecule has 0 N–H and O–H groups in total. The third-order valence-corrected chi connectivity index (χ3v) is 4.08. The molecular formula is C13H13F3O4S. The molecule has 0 aliphatic heterocycles. The van der Waals surface area contributed by atoms with E-state index in [1.807, 2.05) is 0 Å². The minimum absolute atomic E-state index is 0.302. The molecule has 0 bridgehead atoms. The lowest BCUT2D eigenvalue weighted by Crippen LogP contribution is -2.25. The average molecular weight is 322 g/mol. The minimum atomic E-state index is -5.68. The van der Waals surface area contributed by atoms with Crippen molar-refractivity contribution in [1.82, 2.24) is 0 Å². The molecule has 1 aromatic rings. The van der Waals surface area contributed by atoms with E-state index in [0.717, 1.165) is 11.1 Å². The number of hydrogen-bond acceptors (Lipinski definition) is 4. The molecule has 1 aromatic carbocycles. The summed E-state index contributed by atoms with van der Waals surface area (Å²) in [6.07, 6.45) is 2.33. The maximum atomic E-state index is 12.4. The van der Waals surface area contributed by atoms with Crippen LogP contribution in [0.25, 0.3) is 5.76 Å². The molecule has 116 valence electrons. The second kappa shape index (κ2) is 5.25. The van der Waals surface area contributed by atoms with E-state index in [2.05, 4.69) is 4.18 Å². The molecule has 21 heavy (non-hydrogen) atoms. The minimum Gasteiger partial charge on any atom is -0.496 e. The summed E-state index contributed by atoms with van der Waals surface area (Å²) >= 11 is 0. The van der Waals surface area contributed by atoms with Gasteiger partial charge in [-0.1, -0.05) is 6.07 Å². The highest BCUT2D eigenvalue weighted by atomic mass is 32.2. The fourth-order valence-corrected chi connectivity index (χ4v) is 2.61. The zero-order valence-electron chi connectivity index (χ0n) is 11.3. The van der Waals surface area contributed by atoms with Gasteiger partial charge in [0.05, 0.1) is 7.11 Å². The molecule has 1 aliphatic carbocycles. The van der Waals surface area contributed by atoms with E-state index in [9.17, 15) is 21.6 Å². The SMILES string of the molecule is COc1cc2c(cc1C)CCC=C2OS(=O)(=O)C(F)(F)F. The van der Waals surface area contributed by atoms with E-state index in [0.29, 0.717) is 24.2 Å². The third-order valence-electron chi connectivity index (χ3n) is 3.11. The highest BCUT2D eigenvalue weighted by Crippen LogP contribution is 2.36. The van der Waals surface area contributed by atoms with Gasteiger partial charge in [0, 0.05) is 5.56 Å². The Balaban J connectivity index is 2.44. The van der Waals surface area contributed by atoms with Crippen molar-refractivity contribution in [3.63, 3.8) is 0 Å². The summed E-state index contributed by atoms with van der Waals surface area (Å²) in [7, 11) is -4.25. The van der Waals surface area contributed by atoms with E-state index >= 15 is 0 Å². The number of ether oxygens (including phenoxy) is 1. The zero-order valence-corrected chi connectivity index (χ0v) is 12.1. The molecular weight excluding hydrogens is 309 g/mol. The van der Waals surface area contributed by atoms with Crippen LogP contribution in [0.3, 0.4) is 0 Å². The van der Waals surface area contributed by atoms with Gasteiger partial charge in [0.25, 0.3) is 0 Å². The average Bonchev–Trinajstić information content (AvgIpc) is 2.36. The predicted molar refractivity (Wildman–Crippen MR) is 70.1 cm³/mol. The summed E-state index contributed by atoms with van der Waals surface area (Å²) < 4.78 is 68.9. The van der Waals surface area contributed by atoms with Crippen LogP contribution in [0, 0.1) is 6.92 Å². The molecule has 4 nitrogen and oxygen atoms in total. The van der Waals surface area contributed by atoms with Gasteiger partial charge in [0.15, 0.2) is 0 Å². The maximum absolute atomic E-state index is 12.4. The summed E-state index contributed by atoms with van der Waals surface area (Å²) in [5, 5.41) is 0. The van der Waals surface area contributed by atoms with Gasteiger partial charge in [-0.15, -0.1) is 0 Å². The van der Waals surface area contributed by atoms with Crippen molar-refractivity contribution in [3.05, 3.63) is 34.9 Å². The molecule has 2 rings (SSSR count). The number of allylic oxidation sites excluding steroid dienone is 1. The van der Waals surface area contributed by atoms with Gasteiger partial charge in [0.2, 0.25) is 0 Å². The lowest BCUT2D eigenvalue weighted by Gasteiger charge is -2.20.